The van der Waals surface area contributed by atoms with Gasteiger partial charge in [-0.1, -0.05) is 6.42 Å². The monoisotopic (exact) mass is 305 g/mol. The van der Waals surface area contributed by atoms with Crippen LogP contribution >= 0.6 is 0 Å². The molecule has 0 bridgehead atoms. The molecule has 0 radical (unpaired) electrons. The first-order valence-electron chi connectivity index (χ1n) is 8.61. The van der Waals surface area contributed by atoms with Crippen molar-refractivity contribution in [2.75, 3.05) is 6.54 Å². The molecule has 22 heavy (non-hydrogen) atoms. The van der Waals surface area contributed by atoms with Gasteiger partial charge < -0.3 is 9.67 Å². The largest absolute Gasteiger partial charge is 0.480 e. The summed E-state index contributed by atoms with van der Waals surface area (Å²) in [5.41, 5.74) is 1.10. The summed E-state index contributed by atoms with van der Waals surface area (Å²) in [6, 6.07) is 0.616. The van der Waals surface area contributed by atoms with Crippen LogP contribution in [0, 0.1) is 0 Å². The van der Waals surface area contributed by atoms with E-state index in [1.807, 2.05) is 10.8 Å². The first kappa shape index (κ1) is 15.5. The maximum absolute atomic E-state index is 11.6. The molecule has 5 nitrogen and oxygen atoms in total. The zero-order valence-corrected chi connectivity index (χ0v) is 13.7. The van der Waals surface area contributed by atoms with E-state index >= 15 is 0 Å². The van der Waals surface area contributed by atoms with Gasteiger partial charge in [0, 0.05) is 30.4 Å². The fraction of sp³-hybridized carbons (Fsp3) is 0.765. The van der Waals surface area contributed by atoms with Gasteiger partial charge in [0.25, 0.3) is 0 Å². The van der Waals surface area contributed by atoms with Crippen molar-refractivity contribution in [3.05, 3.63) is 17.7 Å². The number of likely N-dealkylation sites (tertiary alicyclic amines) is 1. The number of carbonyl (C=O) groups is 1. The summed E-state index contributed by atoms with van der Waals surface area (Å²) in [5, 5.41) is 9.51. The van der Waals surface area contributed by atoms with E-state index in [2.05, 4.69) is 23.7 Å². The number of aliphatic carboxylic acids is 1. The number of piperidine rings is 1. The molecule has 3 heterocycles. The average molecular weight is 305 g/mol. The molecule has 1 aromatic rings. The molecule has 3 rings (SSSR count). The lowest BCUT2D eigenvalue weighted by atomic mass is 9.96. The number of nitrogens with zero attached hydrogens (tertiary/aromatic N) is 3. The summed E-state index contributed by atoms with van der Waals surface area (Å²) < 4.78 is 2.01. The number of aryl methyl sites for hydroxylation is 1. The number of carboxylic acids is 1. The van der Waals surface area contributed by atoms with E-state index in [9.17, 15) is 9.90 Å². The van der Waals surface area contributed by atoms with Crippen molar-refractivity contribution < 1.29 is 9.90 Å². The van der Waals surface area contributed by atoms with Crippen LogP contribution in [0.5, 0.6) is 0 Å². The standard InChI is InChI=1S/C17H27N3O2/c1-12(2)19-9-4-3-6-13(19)10-16-18-11-14-7-5-8-15(17(21)22)20(14)16/h11-13,15H,3-10H2,1-2H3,(H,21,22). The number of rotatable bonds is 4. The van der Waals surface area contributed by atoms with E-state index in [-0.39, 0.29) is 0 Å². The number of imidazole rings is 1. The fourth-order valence-electron chi connectivity index (χ4n) is 4.13. The highest BCUT2D eigenvalue weighted by Crippen LogP contribution is 2.29. The Balaban J connectivity index is 1.84. The minimum absolute atomic E-state index is 0.419. The van der Waals surface area contributed by atoms with Gasteiger partial charge in [0.15, 0.2) is 0 Å². The summed E-state index contributed by atoms with van der Waals surface area (Å²) in [4.78, 5) is 18.7. The minimum Gasteiger partial charge on any atom is -0.480 e. The number of aromatic nitrogens is 2. The SMILES string of the molecule is CC(C)N1CCCCC1Cc1ncc2n1C(C(=O)O)CCC2. The maximum Gasteiger partial charge on any atom is 0.326 e. The zero-order chi connectivity index (χ0) is 15.7. The van der Waals surface area contributed by atoms with Crippen molar-refractivity contribution in [2.45, 2.75) is 76.9 Å². The highest BCUT2D eigenvalue weighted by atomic mass is 16.4. The maximum atomic E-state index is 11.6. The highest BCUT2D eigenvalue weighted by Gasteiger charge is 2.31. The molecule has 5 heteroatoms. The van der Waals surface area contributed by atoms with Crippen molar-refractivity contribution in [1.82, 2.24) is 14.5 Å². The minimum atomic E-state index is -0.718. The lowest BCUT2D eigenvalue weighted by molar-refractivity contribution is -0.141. The topological polar surface area (TPSA) is 58.4 Å². The summed E-state index contributed by atoms with van der Waals surface area (Å²) in [5.74, 6) is 0.254. The van der Waals surface area contributed by atoms with Gasteiger partial charge in [0.05, 0.1) is 0 Å². The van der Waals surface area contributed by atoms with Crippen LogP contribution < -0.4 is 0 Å². The van der Waals surface area contributed by atoms with E-state index in [1.54, 1.807) is 0 Å². The Morgan fingerprint density at radius 2 is 2.18 bits per heavy atom. The third-order valence-corrected chi connectivity index (χ3v) is 5.21. The van der Waals surface area contributed by atoms with E-state index in [4.69, 9.17) is 0 Å². The molecule has 1 aromatic heterocycles. The molecule has 0 spiro atoms. The summed E-state index contributed by atoms with van der Waals surface area (Å²) in [6.45, 7) is 5.65. The summed E-state index contributed by atoms with van der Waals surface area (Å²) in [7, 11) is 0. The molecule has 1 N–H and O–H groups in total. The molecule has 1 saturated heterocycles. The van der Waals surface area contributed by atoms with Gasteiger partial charge in [-0.25, -0.2) is 9.78 Å². The molecule has 2 aliphatic rings. The van der Waals surface area contributed by atoms with Gasteiger partial charge >= 0.3 is 5.97 Å². The molecular weight excluding hydrogens is 278 g/mol. The summed E-state index contributed by atoms with van der Waals surface area (Å²) >= 11 is 0. The van der Waals surface area contributed by atoms with E-state index < -0.39 is 12.0 Å². The number of hydrogen-bond donors (Lipinski definition) is 1. The second-order valence-corrected chi connectivity index (χ2v) is 6.97. The smallest absolute Gasteiger partial charge is 0.326 e. The van der Waals surface area contributed by atoms with Crippen LogP contribution in [0.25, 0.3) is 0 Å². The van der Waals surface area contributed by atoms with Gasteiger partial charge in [-0.15, -0.1) is 0 Å². The Morgan fingerprint density at radius 1 is 1.36 bits per heavy atom. The molecule has 0 amide bonds. The molecule has 122 valence electrons. The lowest BCUT2D eigenvalue weighted by Crippen LogP contribution is -2.45. The fourth-order valence-corrected chi connectivity index (χ4v) is 4.13. The van der Waals surface area contributed by atoms with Crippen LogP contribution in [0.15, 0.2) is 6.20 Å². The van der Waals surface area contributed by atoms with Gasteiger partial charge in [0.1, 0.15) is 11.9 Å². The predicted molar refractivity (Wildman–Crippen MR) is 85.0 cm³/mol. The van der Waals surface area contributed by atoms with Gasteiger partial charge in [-0.05, 0) is 52.5 Å². The van der Waals surface area contributed by atoms with Crippen molar-refractivity contribution >= 4 is 5.97 Å². The molecule has 2 atom stereocenters. The molecule has 0 saturated carbocycles. The third-order valence-electron chi connectivity index (χ3n) is 5.21. The Morgan fingerprint density at radius 3 is 2.91 bits per heavy atom. The van der Waals surface area contributed by atoms with Gasteiger partial charge in [-0.3, -0.25) is 4.90 Å². The van der Waals surface area contributed by atoms with Crippen molar-refractivity contribution in [3.63, 3.8) is 0 Å². The Labute approximate surface area is 132 Å². The van der Waals surface area contributed by atoms with Gasteiger partial charge in [-0.2, -0.15) is 0 Å². The number of fused-ring (bicyclic) bond motifs is 1. The molecule has 2 unspecified atom stereocenters. The van der Waals surface area contributed by atoms with Crippen LogP contribution in [0.4, 0.5) is 0 Å². The average Bonchev–Trinajstić information content (AvgIpc) is 2.90. The van der Waals surface area contributed by atoms with Gasteiger partial charge in [0.2, 0.25) is 0 Å². The molecule has 2 aliphatic heterocycles. The van der Waals surface area contributed by atoms with Crippen molar-refractivity contribution in [3.8, 4) is 0 Å². The van der Waals surface area contributed by atoms with E-state index in [0.29, 0.717) is 12.1 Å². The normalized spacial score (nSPS) is 26.1. The first-order chi connectivity index (χ1) is 10.6. The molecule has 0 aromatic carbocycles. The van der Waals surface area contributed by atoms with E-state index in [0.717, 1.165) is 43.7 Å². The van der Waals surface area contributed by atoms with Crippen LogP contribution in [0.1, 0.15) is 63.5 Å². The number of hydrogen-bond acceptors (Lipinski definition) is 3. The van der Waals surface area contributed by atoms with Crippen molar-refractivity contribution in [1.29, 1.82) is 0 Å². The Bertz CT molecular complexity index is 538. The third kappa shape index (κ3) is 2.91. The molecular formula is C17H27N3O2. The zero-order valence-electron chi connectivity index (χ0n) is 13.7. The first-order valence-corrected chi connectivity index (χ1v) is 8.61. The van der Waals surface area contributed by atoms with Crippen LogP contribution in [-0.2, 0) is 17.6 Å². The second-order valence-electron chi connectivity index (χ2n) is 6.97. The molecule has 0 aliphatic carbocycles. The lowest BCUT2D eigenvalue weighted by Gasteiger charge is -2.39. The summed E-state index contributed by atoms with van der Waals surface area (Å²) in [6.07, 6.45) is 9.13. The molecule has 1 fully saturated rings. The van der Waals surface area contributed by atoms with Crippen molar-refractivity contribution in [2.24, 2.45) is 0 Å². The quantitative estimate of drug-likeness (QED) is 0.929. The second kappa shape index (κ2) is 6.41. The Hall–Kier alpha value is -1.36. The van der Waals surface area contributed by atoms with Crippen LogP contribution in [0.2, 0.25) is 0 Å². The predicted octanol–water partition coefficient (Wildman–Crippen LogP) is 2.65. The highest BCUT2D eigenvalue weighted by molar-refractivity contribution is 5.72. The van der Waals surface area contributed by atoms with Crippen LogP contribution in [-0.4, -0.2) is 44.2 Å². The Kier molecular flexibility index (Phi) is 4.52. The number of carboxylic acid groups (broad SMARTS) is 1. The van der Waals surface area contributed by atoms with E-state index in [1.165, 1.54) is 19.3 Å². The van der Waals surface area contributed by atoms with Crippen LogP contribution in [0.3, 0.4) is 0 Å².